The van der Waals surface area contributed by atoms with Gasteiger partial charge in [-0.3, -0.25) is 0 Å². The molecular formula is C22H23N. The summed E-state index contributed by atoms with van der Waals surface area (Å²) >= 11 is 0. The molecule has 1 nitrogen and oxygen atoms in total. The van der Waals surface area contributed by atoms with Gasteiger partial charge in [0, 0.05) is 24.2 Å². The van der Waals surface area contributed by atoms with Crippen LogP contribution >= 0.6 is 0 Å². The molecule has 2 aliphatic carbocycles. The van der Waals surface area contributed by atoms with E-state index < -0.39 is 0 Å². The Hall–Kier alpha value is -2.02. The van der Waals surface area contributed by atoms with Crippen molar-refractivity contribution in [3.63, 3.8) is 0 Å². The van der Waals surface area contributed by atoms with Crippen molar-refractivity contribution >= 4 is 27.2 Å². The van der Waals surface area contributed by atoms with Crippen LogP contribution in [0.25, 0.3) is 21.5 Å². The van der Waals surface area contributed by atoms with Crippen LogP contribution in [0.1, 0.15) is 25.7 Å². The normalized spacial score (nSPS) is 26.2. The first-order valence-electron chi connectivity index (χ1n) is 8.94. The Bertz CT molecular complexity index is 881. The zero-order valence-corrected chi connectivity index (χ0v) is 13.7. The van der Waals surface area contributed by atoms with E-state index in [1.54, 1.807) is 0 Å². The Labute approximate surface area is 137 Å². The fourth-order valence-corrected chi connectivity index (χ4v) is 5.19. The average Bonchev–Trinajstić information content (AvgIpc) is 3.24. The van der Waals surface area contributed by atoms with Gasteiger partial charge in [-0.1, -0.05) is 55.0 Å². The summed E-state index contributed by atoms with van der Waals surface area (Å²) in [6, 6.07) is 20.8. The van der Waals surface area contributed by atoms with Crippen molar-refractivity contribution in [2.75, 3.05) is 11.9 Å². The minimum Gasteiger partial charge on any atom is -0.371 e. The van der Waals surface area contributed by atoms with E-state index in [1.165, 1.54) is 52.9 Å². The highest BCUT2D eigenvalue weighted by atomic mass is 15.1. The quantitative estimate of drug-likeness (QED) is 0.555. The molecule has 0 saturated heterocycles. The number of anilines is 1. The molecule has 3 atom stereocenters. The van der Waals surface area contributed by atoms with E-state index in [0.717, 1.165) is 17.9 Å². The SMILES string of the molecule is CN(c1cc2ccccc2c2ccccc12)C1CC2CCC1C2. The van der Waals surface area contributed by atoms with E-state index >= 15 is 0 Å². The molecule has 23 heavy (non-hydrogen) atoms. The fraction of sp³-hybridized carbons (Fsp3) is 0.364. The first-order chi connectivity index (χ1) is 11.3. The minimum atomic E-state index is 0.735. The second-order valence-corrected chi connectivity index (χ2v) is 7.52. The van der Waals surface area contributed by atoms with Crippen LogP contribution in [0.2, 0.25) is 0 Å². The van der Waals surface area contributed by atoms with E-state index in [9.17, 15) is 0 Å². The zero-order valence-electron chi connectivity index (χ0n) is 13.7. The summed E-state index contributed by atoms with van der Waals surface area (Å²) in [5, 5.41) is 5.51. The maximum absolute atomic E-state index is 2.60. The average molecular weight is 301 g/mol. The van der Waals surface area contributed by atoms with Crippen LogP contribution in [0, 0.1) is 11.8 Å². The molecular weight excluding hydrogens is 278 g/mol. The summed E-state index contributed by atoms with van der Waals surface area (Å²) in [5.74, 6) is 1.90. The van der Waals surface area contributed by atoms with E-state index in [2.05, 4.69) is 66.5 Å². The van der Waals surface area contributed by atoms with Crippen LogP contribution in [0.3, 0.4) is 0 Å². The molecule has 2 aliphatic rings. The molecule has 5 rings (SSSR count). The van der Waals surface area contributed by atoms with Crippen molar-refractivity contribution < 1.29 is 0 Å². The highest BCUT2D eigenvalue weighted by Crippen LogP contribution is 2.48. The lowest BCUT2D eigenvalue weighted by atomic mass is 9.92. The van der Waals surface area contributed by atoms with Crippen LogP contribution < -0.4 is 4.90 Å². The lowest BCUT2D eigenvalue weighted by Gasteiger charge is -2.34. The summed E-state index contributed by atoms with van der Waals surface area (Å²) in [7, 11) is 2.32. The van der Waals surface area contributed by atoms with Crippen LogP contribution in [0.5, 0.6) is 0 Å². The van der Waals surface area contributed by atoms with Crippen molar-refractivity contribution in [1.29, 1.82) is 0 Å². The van der Waals surface area contributed by atoms with Gasteiger partial charge in [-0.05, 0) is 53.3 Å². The smallest absolute Gasteiger partial charge is 0.0452 e. The highest BCUT2D eigenvalue weighted by Gasteiger charge is 2.41. The molecule has 3 aromatic rings. The topological polar surface area (TPSA) is 3.24 Å². The van der Waals surface area contributed by atoms with Gasteiger partial charge >= 0.3 is 0 Å². The zero-order chi connectivity index (χ0) is 15.4. The third-order valence-corrected chi connectivity index (χ3v) is 6.32. The molecule has 2 fully saturated rings. The van der Waals surface area contributed by atoms with E-state index in [0.29, 0.717) is 0 Å². The lowest BCUT2D eigenvalue weighted by Crippen LogP contribution is -2.36. The minimum absolute atomic E-state index is 0.735. The molecule has 0 amide bonds. The Morgan fingerprint density at radius 3 is 2.30 bits per heavy atom. The van der Waals surface area contributed by atoms with E-state index in [4.69, 9.17) is 0 Å². The van der Waals surface area contributed by atoms with Crippen molar-refractivity contribution in [3.8, 4) is 0 Å². The number of benzene rings is 3. The molecule has 0 aliphatic heterocycles. The molecule has 0 heterocycles. The predicted molar refractivity (Wildman–Crippen MR) is 99.1 cm³/mol. The lowest BCUT2D eigenvalue weighted by molar-refractivity contribution is 0.405. The van der Waals surface area contributed by atoms with Gasteiger partial charge in [-0.25, -0.2) is 0 Å². The molecule has 3 aromatic carbocycles. The van der Waals surface area contributed by atoms with Gasteiger partial charge in [0.15, 0.2) is 0 Å². The van der Waals surface area contributed by atoms with Crippen LogP contribution in [-0.4, -0.2) is 13.1 Å². The first-order valence-corrected chi connectivity index (χ1v) is 8.94. The van der Waals surface area contributed by atoms with Gasteiger partial charge in [0.25, 0.3) is 0 Å². The van der Waals surface area contributed by atoms with Gasteiger partial charge in [0.2, 0.25) is 0 Å². The second kappa shape index (κ2) is 4.99. The Balaban J connectivity index is 1.70. The summed E-state index contributed by atoms with van der Waals surface area (Å²) in [4.78, 5) is 2.60. The number of hydrogen-bond donors (Lipinski definition) is 0. The van der Waals surface area contributed by atoms with Crippen LogP contribution in [0.15, 0.2) is 54.6 Å². The number of fused-ring (bicyclic) bond motifs is 5. The summed E-state index contributed by atoms with van der Waals surface area (Å²) in [5.41, 5.74) is 1.41. The number of nitrogens with zero attached hydrogens (tertiary/aromatic N) is 1. The van der Waals surface area contributed by atoms with Gasteiger partial charge in [-0.2, -0.15) is 0 Å². The van der Waals surface area contributed by atoms with Crippen molar-refractivity contribution in [2.45, 2.75) is 31.7 Å². The number of hydrogen-bond acceptors (Lipinski definition) is 1. The molecule has 3 unspecified atom stereocenters. The van der Waals surface area contributed by atoms with Gasteiger partial charge in [0.1, 0.15) is 0 Å². The molecule has 0 radical (unpaired) electrons. The first kappa shape index (κ1) is 13.4. The van der Waals surface area contributed by atoms with E-state index in [-0.39, 0.29) is 0 Å². The van der Waals surface area contributed by atoms with Crippen LogP contribution in [0.4, 0.5) is 5.69 Å². The number of rotatable bonds is 2. The largest absolute Gasteiger partial charge is 0.371 e. The standard InChI is InChI=1S/C22H23N/c1-23(21-13-15-10-11-17(21)12-15)22-14-16-6-2-3-7-18(16)19-8-4-5-9-20(19)22/h2-9,14-15,17,21H,10-13H2,1H3. The van der Waals surface area contributed by atoms with Crippen molar-refractivity contribution in [2.24, 2.45) is 11.8 Å². The maximum Gasteiger partial charge on any atom is 0.0452 e. The summed E-state index contributed by atoms with van der Waals surface area (Å²) in [6.45, 7) is 0. The Morgan fingerprint density at radius 1 is 0.826 bits per heavy atom. The third kappa shape index (κ3) is 1.99. The van der Waals surface area contributed by atoms with E-state index in [1.807, 2.05) is 0 Å². The van der Waals surface area contributed by atoms with Gasteiger partial charge in [-0.15, -0.1) is 0 Å². The monoisotopic (exact) mass is 301 g/mol. The van der Waals surface area contributed by atoms with Crippen molar-refractivity contribution in [1.82, 2.24) is 0 Å². The highest BCUT2D eigenvalue weighted by molar-refractivity contribution is 6.13. The van der Waals surface area contributed by atoms with Gasteiger partial charge < -0.3 is 4.90 Å². The van der Waals surface area contributed by atoms with Crippen molar-refractivity contribution in [3.05, 3.63) is 54.6 Å². The molecule has 1 heteroatoms. The third-order valence-electron chi connectivity index (χ3n) is 6.32. The molecule has 116 valence electrons. The molecule has 0 spiro atoms. The summed E-state index contributed by atoms with van der Waals surface area (Å²) < 4.78 is 0. The van der Waals surface area contributed by atoms with Crippen LogP contribution in [-0.2, 0) is 0 Å². The Kier molecular flexibility index (Phi) is 2.91. The maximum atomic E-state index is 2.60. The fourth-order valence-electron chi connectivity index (χ4n) is 5.19. The molecule has 0 aromatic heterocycles. The predicted octanol–water partition coefficient (Wildman–Crippen LogP) is 5.62. The molecule has 2 saturated carbocycles. The van der Waals surface area contributed by atoms with Gasteiger partial charge in [0.05, 0.1) is 0 Å². The second-order valence-electron chi connectivity index (χ2n) is 7.52. The summed E-state index contributed by atoms with van der Waals surface area (Å²) in [6.07, 6.45) is 5.75. The molecule has 0 N–H and O–H groups in total. The Morgan fingerprint density at radius 2 is 1.57 bits per heavy atom. The molecule has 2 bridgehead atoms.